The summed E-state index contributed by atoms with van der Waals surface area (Å²) in [4.78, 5) is 16.5. The molecule has 188 valence electrons. The van der Waals surface area contributed by atoms with Gasteiger partial charge in [-0.3, -0.25) is 9.80 Å². The van der Waals surface area contributed by atoms with Crippen LogP contribution in [0, 0.1) is 17.5 Å². The Kier molecular flexibility index (Phi) is 6.62. The number of likely N-dealkylation sites (tertiary alicyclic amines) is 1. The summed E-state index contributed by atoms with van der Waals surface area (Å²) in [5.74, 6) is -3.30. The lowest BCUT2D eigenvalue weighted by molar-refractivity contribution is -0.000952. The normalized spacial score (nSPS) is 17.4. The standard InChI is InChI=1S/C28H27F3N2O3/c1-2-35-21-8-9-22(23-10-11-24(29)26(31)25(23)30)19(16-21)17-32-14-12-28(13-15-32)18-33(27(34)36-28)20-6-4-3-5-7-20/h3-11,16H,2,12-15,17-18H2,1H3. The number of amides is 1. The molecule has 0 saturated carbocycles. The molecule has 1 spiro atoms. The minimum absolute atomic E-state index is 0.00338. The topological polar surface area (TPSA) is 42.0 Å². The van der Waals surface area contributed by atoms with Gasteiger partial charge in [0.05, 0.1) is 13.2 Å². The summed E-state index contributed by atoms with van der Waals surface area (Å²) in [6.45, 7) is 4.61. The highest BCUT2D eigenvalue weighted by Crippen LogP contribution is 2.37. The molecule has 36 heavy (non-hydrogen) atoms. The van der Waals surface area contributed by atoms with E-state index in [0.29, 0.717) is 56.9 Å². The predicted octanol–water partition coefficient (Wildman–Crippen LogP) is 6.16. The molecule has 1 amide bonds. The summed E-state index contributed by atoms with van der Waals surface area (Å²) >= 11 is 0. The fourth-order valence-electron chi connectivity index (χ4n) is 5.00. The Labute approximate surface area is 208 Å². The zero-order chi connectivity index (χ0) is 25.3. The van der Waals surface area contributed by atoms with Crippen molar-refractivity contribution >= 4 is 11.8 Å². The van der Waals surface area contributed by atoms with E-state index in [0.717, 1.165) is 17.3 Å². The molecule has 5 rings (SSSR count). The van der Waals surface area contributed by atoms with Crippen LogP contribution in [0.1, 0.15) is 25.3 Å². The van der Waals surface area contributed by atoms with E-state index in [9.17, 15) is 18.0 Å². The van der Waals surface area contributed by atoms with Gasteiger partial charge in [-0.2, -0.15) is 0 Å². The van der Waals surface area contributed by atoms with Gasteiger partial charge in [0.2, 0.25) is 0 Å². The second-order valence-corrected chi connectivity index (χ2v) is 9.22. The van der Waals surface area contributed by atoms with Crippen LogP contribution in [-0.4, -0.2) is 42.8 Å². The molecule has 3 aromatic rings. The van der Waals surface area contributed by atoms with Gasteiger partial charge in [0.1, 0.15) is 11.4 Å². The first-order chi connectivity index (χ1) is 17.4. The molecule has 0 unspecified atom stereocenters. The van der Waals surface area contributed by atoms with Crippen molar-refractivity contribution in [2.24, 2.45) is 0 Å². The maximum Gasteiger partial charge on any atom is 0.415 e. The van der Waals surface area contributed by atoms with Gasteiger partial charge in [0, 0.05) is 43.7 Å². The van der Waals surface area contributed by atoms with Gasteiger partial charge in [-0.05, 0) is 54.4 Å². The quantitative estimate of drug-likeness (QED) is 0.383. The van der Waals surface area contributed by atoms with E-state index in [1.54, 1.807) is 17.0 Å². The van der Waals surface area contributed by atoms with Gasteiger partial charge in [0.15, 0.2) is 17.5 Å². The predicted molar refractivity (Wildman–Crippen MR) is 130 cm³/mol. The molecule has 0 atom stereocenters. The zero-order valence-corrected chi connectivity index (χ0v) is 20.0. The highest BCUT2D eigenvalue weighted by atomic mass is 19.2. The molecule has 5 nitrogen and oxygen atoms in total. The molecular weight excluding hydrogens is 469 g/mol. The molecule has 2 aliphatic rings. The van der Waals surface area contributed by atoms with Gasteiger partial charge >= 0.3 is 6.09 Å². The Morgan fingerprint density at radius 1 is 0.944 bits per heavy atom. The Balaban J connectivity index is 1.34. The first kappa shape index (κ1) is 24.2. The molecule has 3 aromatic carbocycles. The second kappa shape index (κ2) is 9.85. The summed E-state index contributed by atoms with van der Waals surface area (Å²) in [6, 6.07) is 16.8. The lowest BCUT2D eigenvalue weighted by Gasteiger charge is -2.37. The number of para-hydroxylation sites is 1. The summed E-state index contributed by atoms with van der Waals surface area (Å²) in [7, 11) is 0. The van der Waals surface area contributed by atoms with Gasteiger partial charge < -0.3 is 9.47 Å². The number of nitrogens with zero attached hydrogens (tertiary/aromatic N) is 2. The van der Waals surface area contributed by atoms with Crippen molar-refractivity contribution in [2.45, 2.75) is 31.9 Å². The average molecular weight is 497 g/mol. The molecule has 2 fully saturated rings. The number of hydrogen-bond acceptors (Lipinski definition) is 4. The number of carbonyl (C=O) groups excluding carboxylic acids is 1. The molecule has 0 radical (unpaired) electrons. The number of carbonyl (C=O) groups is 1. The van der Waals surface area contributed by atoms with E-state index >= 15 is 0 Å². The summed E-state index contributed by atoms with van der Waals surface area (Å²) in [5.41, 5.74) is 1.50. The van der Waals surface area contributed by atoms with Crippen molar-refractivity contribution in [2.75, 3.05) is 31.1 Å². The largest absolute Gasteiger partial charge is 0.494 e. The lowest BCUT2D eigenvalue weighted by atomic mass is 9.90. The number of hydrogen-bond donors (Lipinski definition) is 0. The molecule has 0 N–H and O–H groups in total. The minimum atomic E-state index is -1.49. The Morgan fingerprint density at radius 2 is 1.67 bits per heavy atom. The maximum atomic E-state index is 14.7. The summed E-state index contributed by atoms with van der Waals surface area (Å²) < 4.78 is 53.7. The zero-order valence-electron chi connectivity index (χ0n) is 20.0. The Bertz CT molecular complexity index is 1260. The Morgan fingerprint density at radius 3 is 2.39 bits per heavy atom. The molecule has 8 heteroatoms. The highest BCUT2D eigenvalue weighted by molar-refractivity contribution is 5.90. The molecule has 2 heterocycles. The molecule has 0 bridgehead atoms. The number of ether oxygens (including phenoxy) is 2. The average Bonchev–Trinajstić information content (AvgIpc) is 3.21. The molecule has 2 aliphatic heterocycles. The minimum Gasteiger partial charge on any atom is -0.494 e. The number of piperidine rings is 1. The number of rotatable bonds is 6. The first-order valence-electron chi connectivity index (χ1n) is 12.1. The van der Waals surface area contributed by atoms with Crippen molar-refractivity contribution < 1.29 is 27.4 Å². The smallest absolute Gasteiger partial charge is 0.415 e. The third-order valence-corrected chi connectivity index (χ3v) is 6.91. The van der Waals surface area contributed by atoms with Crippen LogP contribution in [0.4, 0.5) is 23.7 Å². The molecule has 2 saturated heterocycles. The molecule has 0 aliphatic carbocycles. The van der Waals surface area contributed by atoms with Crippen molar-refractivity contribution in [3.8, 4) is 16.9 Å². The Hall–Kier alpha value is -3.52. The van der Waals surface area contributed by atoms with Gasteiger partial charge in [0.25, 0.3) is 0 Å². The summed E-state index contributed by atoms with van der Waals surface area (Å²) in [5, 5.41) is 0. The van der Waals surface area contributed by atoms with Crippen LogP contribution >= 0.6 is 0 Å². The van der Waals surface area contributed by atoms with E-state index in [2.05, 4.69) is 4.90 Å². The van der Waals surface area contributed by atoms with E-state index in [1.807, 2.05) is 43.3 Å². The fourth-order valence-corrected chi connectivity index (χ4v) is 5.00. The van der Waals surface area contributed by atoms with Crippen LogP contribution in [-0.2, 0) is 11.3 Å². The van der Waals surface area contributed by atoms with Crippen molar-refractivity contribution in [1.82, 2.24) is 4.90 Å². The number of halogens is 3. The summed E-state index contributed by atoms with van der Waals surface area (Å²) in [6.07, 6.45) is 0.972. The van der Waals surface area contributed by atoms with E-state index < -0.39 is 23.1 Å². The molecular formula is C28H27F3N2O3. The number of anilines is 1. The van der Waals surface area contributed by atoms with E-state index in [4.69, 9.17) is 9.47 Å². The SMILES string of the molecule is CCOc1ccc(-c2ccc(F)c(F)c2F)c(CN2CCC3(CC2)CN(c2ccccc2)C(=O)O3)c1. The van der Waals surface area contributed by atoms with Crippen LogP contribution in [0.2, 0.25) is 0 Å². The first-order valence-corrected chi connectivity index (χ1v) is 12.1. The molecule has 0 aromatic heterocycles. The van der Waals surface area contributed by atoms with Crippen molar-refractivity contribution in [3.63, 3.8) is 0 Å². The van der Waals surface area contributed by atoms with Crippen LogP contribution in [0.15, 0.2) is 60.7 Å². The van der Waals surface area contributed by atoms with Crippen LogP contribution in [0.5, 0.6) is 5.75 Å². The number of benzene rings is 3. The van der Waals surface area contributed by atoms with Crippen LogP contribution in [0.25, 0.3) is 11.1 Å². The van der Waals surface area contributed by atoms with E-state index in [-0.39, 0.29) is 11.7 Å². The van der Waals surface area contributed by atoms with Gasteiger partial charge in [-0.15, -0.1) is 0 Å². The third-order valence-electron chi connectivity index (χ3n) is 6.91. The maximum absolute atomic E-state index is 14.7. The van der Waals surface area contributed by atoms with Crippen LogP contribution in [0.3, 0.4) is 0 Å². The van der Waals surface area contributed by atoms with Crippen molar-refractivity contribution in [3.05, 3.63) is 83.7 Å². The van der Waals surface area contributed by atoms with E-state index in [1.165, 1.54) is 6.07 Å². The third kappa shape index (κ3) is 4.65. The highest BCUT2D eigenvalue weighted by Gasteiger charge is 2.47. The van der Waals surface area contributed by atoms with Gasteiger partial charge in [-0.25, -0.2) is 18.0 Å². The van der Waals surface area contributed by atoms with Crippen molar-refractivity contribution in [1.29, 1.82) is 0 Å². The van der Waals surface area contributed by atoms with Gasteiger partial charge in [-0.1, -0.05) is 24.3 Å². The second-order valence-electron chi connectivity index (χ2n) is 9.22. The fraction of sp³-hybridized carbons (Fsp3) is 0.321. The monoisotopic (exact) mass is 496 g/mol. The lowest BCUT2D eigenvalue weighted by Crippen LogP contribution is -2.46. The van der Waals surface area contributed by atoms with Crippen LogP contribution < -0.4 is 9.64 Å².